The van der Waals surface area contributed by atoms with E-state index < -0.39 is 18.2 Å². The van der Waals surface area contributed by atoms with Crippen LogP contribution in [-0.4, -0.2) is 88.0 Å². The highest BCUT2D eigenvalue weighted by molar-refractivity contribution is 5.91. The molecule has 0 unspecified atom stereocenters. The number of hydroxylamine groups is 2. The molecule has 2 atom stereocenters. The first-order chi connectivity index (χ1) is 20.9. The van der Waals surface area contributed by atoms with Crippen LogP contribution in [0.2, 0.25) is 0 Å². The first-order valence-electron chi connectivity index (χ1n) is 14.0. The van der Waals surface area contributed by atoms with Crippen LogP contribution in [0.1, 0.15) is 17.2 Å². The van der Waals surface area contributed by atoms with Crippen molar-refractivity contribution in [1.82, 2.24) is 30.1 Å². The minimum Gasteiger partial charge on any atom is -0.389 e. The number of rotatable bonds is 9. The summed E-state index contributed by atoms with van der Waals surface area (Å²) in [5.41, 5.74) is 3.55. The van der Waals surface area contributed by atoms with Crippen molar-refractivity contribution < 1.29 is 23.9 Å². The number of hydrogen-bond acceptors (Lipinski definition) is 9. The van der Waals surface area contributed by atoms with E-state index in [9.17, 15) is 14.3 Å². The molecule has 4 aromatic rings. The monoisotopic (exact) mass is 588 g/mol. The van der Waals surface area contributed by atoms with Gasteiger partial charge >= 0.3 is 6.03 Å². The number of urea groups is 1. The summed E-state index contributed by atoms with van der Waals surface area (Å²) in [4.78, 5) is 30.5. The van der Waals surface area contributed by atoms with Gasteiger partial charge in [0.1, 0.15) is 23.4 Å². The van der Waals surface area contributed by atoms with Crippen LogP contribution in [0.5, 0.6) is 0 Å². The van der Waals surface area contributed by atoms with E-state index in [1.165, 1.54) is 12.1 Å². The molecule has 43 heavy (non-hydrogen) atoms. The highest BCUT2D eigenvalue weighted by Crippen LogP contribution is 2.32. The molecule has 0 bridgehead atoms. The Kier molecular flexibility index (Phi) is 8.29. The SMILES string of the molecule is COCCN1C[C@@H](NC(=O)Nc2c(C)c(-c3cnc(N4CC(O)C4)nc3)nn2-c2ccccc2)[C@H](c2ccc(F)cc2)O1. The van der Waals surface area contributed by atoms with Gasteiger partial charge in [0.15, 0.2) is 0 Å². The number of aromatic nitrogens is 4. The fourth-order valence-electron chi connectivity index (χ4n) is 5.21. The van der Waals surface area contributed by atoms with E-state index in [-0.39, 0.29) is 11.9 Å². The minimum atomic E-state index is -0.512. The molecule has 0 spiro atoms. The zero-order chi connectivity index (χ0) is 29.9. The van der Waals surface area contributed by atoms with Gasteiger partial charge < -0.3 is 20.1 Å². The van der Waals surface area contributed by atoms with Crippen molar-refractivity contribution in [1.29, 1.82) is 0 Å². The second-order valence-electron chi connectivity index (χ2n) is 10.6. The molecule has 2 saturated heterocycles. The molecule has 224 valence electrons. The van der Waals surface area contributed by atoms with Crippen LogP contribution in [0.3, 0.4) is 0 Å². The number of ether oxygens (including phenoxy) is 1. The van der Waals surface area contributed by atoms with Crippen LogP contribution in [0.25, 0.3) is 16.9 Å². The van der Waals surface area contributed by atoms with Crippen molar-refractivity contribution in [2.24, 2.45) is 0 Å². The largest absolute Gasteiger partial charge is 0.389 e. The molecule has 3 N–H and O–H groups in total. The molecular formula is C30H33FN8O4. The first kappa shape index (κ1) is 28.7. The van der Waals surface area contributed by atoms with Crippen LogP contribution >= 0.6 is 0 Å². The van der Waals surface area contributed by atoms with E-state index in [0.717, 1.165) is 16.8 Å². The van der Waals surface area contributed by atoms with Crippen molar-refractivity contribution in [3.63, 3.8) is 0 Å². The van der Waals surface area contributed by atoms with E-state index >= 15 is 0 Å². The van der Waals surface area contributed by atoms with Crippen molar-refractivity contribution in [3.05, 3.63) is 83.9 Å². The van der Waals surface area contributed by atoms with Crippen LogP contribution < -0.4 is 15.5 Å². The zero-order valence-electron chi connectivity index (χ0n) is 23.9. The van der Waals surface area contributed by atoms with E-state index in [1.807, 2.05) is 42.2 Å². The van der Waals surface area contributed by atoms with Crippen LogP contribution in [0, 0.1) is 12.7 Å². The fourth-order valence-corrected chi connectivity index (χ4v) is 5.21. The molecule has 13 heteroatoms. The molecule has 2 aromatic carbocycles. The third-order valence-electron chi connectivity index (χ3n) is 7.50. The number of para-hydroxylation sites is 1. The Balaban J connectivity index is 1.25. The van der Waals surface area contributed by atoms with Gasteiger partial charge in [0, 0.05) is 56.8 Å². The maximum absolute atomic E-state index is 13.6. The molecule has 6 rings (SSSR count). The van der Waals surface area contributed by atoms with Gasteiger partial charge in [-0.3, -0.25) is 10.2 Å². The van der Waals surface area contributed by atoms with Crippen molar-refractivity contribution in [2.45, 2.75) is 25.2 Å². The first-order valence-corrected chi connectivity index (χ1v) is 14.0. The number of carbonyl (C=O) groups excluding carboxylic acids is 1. The number of β-amino-alcohol motifs (C(OH)–C–C–N with tert-alkyl or cyclic N) is 1. The molecule has 0 aliphatic carbocycles. The van der Waals surface area contributed by atoms with Gasteiger partial charge in [-0.2, -0.15) is 10.2 Å². The Morgan fingerprint density at radius 1 is 1.09 bits per heavy atom. The Hall–Kier alpha value is -4.43. The van der Waals surface area contributed by atoms with Gasteiger partial charge in [-0.15, -0.1) is 0 Å². The maximum Gasteiger partial charge on any atom is 0.320 e. The highest BCUT2D eigenvalue weighted by atomic mass is 19.1. The highest BCUT2D eigenvalue weighted by Gasteiger charge is 2.36. The van der Waals surface area contributed by atoms with Crippen LogP contribution in [0.4, 0.5) is 21.0 Å². The second kappa shape index (κ2) is 12.4. The molecule has 2 fully saturated rings. The summed E-state index contributed by atoms with van der Waals surface area (Å²) in [6, 6.07) is 14.7. The van der Waals surface area contributed by atoms with Crippen LogP contribution in [-0.2, 0) is 9.57 Å². The molecule has 2 aromatic heterocycles. The number of nitrogens with zero attached hydrogens (tertiary/aromatic N) is 6. The quantitative estimate of drug-likeness (QED) is 0.270. The average Bonchev–Trinajstić information content (AvgIpc) is 3.55. The topological polar surface area (TPSA) is 130 Å². The number of nitrogens with one attached hydrogen (secondary N) is 2. The van der Waals surface area contributed by atoms with E-state index in [2.05, 4.69) is 20.6 Å². The number of hydrogen-bond donors (Lipinski definition) is 3. The van der Waals surface area contributed by atoms with Gasteiger partial charge in [0.25, 0.3) is 0 Å². The Morgan fingerprint density at radius 3 is 2.49 bits per heavy atom. The molecule has 4 heterocycles. The summed E-state index contributed by atoms with van der Waals surface area (Å²) >= 11 is 0. The number of carbonyl (C=O) groups is 1. The Labute approximate surface area is 248 Å². The van der Waals surface area contributed by atoms with Gasteiger partial charge in [0.05, 0.1) is 24.4 Å². The molecule has 2 aliphatic heterocycles. The lowest BCUT2D eigenvalue weighted by molar-refractivity contribution is -0.154. The summed E-state index contributed by atoms with van der Waals surface area (Å²) in [6.07, 6.45) is 2.52. The lowest BCUT2D eigenvalue weighted by Gasteiger charge is -2.35. The summed E-state index contributed by atoms with van der Waals surface area (Å²) < 4.78 is 20.5. The van der Waals surface area contributed by atoms with Crippen molar-refractivity contribution in [3.8, 4) is 16.9 Å². The summed E-state index contributed by atoms with van der Waals surface area (Å²) in [6.45, 7) is 4.27. The number of anilines is 2. The Morgan fingerprint density at radius 2 is 1.81 bits per heavy atom. The third-order valence-corrected chi connectivity index (χ3v) is 7.50. The summed E-state index contributed by atoms with van der Waals surface area (Å²) in [7, 11) is 1.61. The fraction of sp³-hybridized carbons (Fsp3) is 0.333. The van der Waals surface area contributed by atoms with Gasteiger partial charge in [-0.25, -0.2) is 23.8 Å². The number of methoxy groups -OCH3 is 1. The standard InChI is InChI=1S/C30H33FN8O4/c1-19-26(21-14-32-29(33-15-21)37-16-24(40)17-37)36-39(23-6-4-3-5-7-23)28(19)35-30(41)34-25-18-38(12-13-42-2)43-27(25)20-8-10-22(31)11-9-20/h3-11,14-15,24-25,27,40H,12-13,16-18H2,1-2H3,(H2,34,35,41)/t25-,27+/m1/s1. The van der Waals surface area contributed by atoms with Crippen molar-refractivity contribution in [2.75, 3.05) is 50.1 Å². The van der Waals surface area contributed by atoms with Gasteiger partial charge in [-0.1, -0.05) is 30.3 Å². The number of aliphatic hydroxyl groups excluding tert-OH is 1. The smallest absolute Gasteiger partial charge is 0.320 e. The lowest BCUT2D eigenvalue weighted by Crippen LogP contribution is -2.51. The normalized spacial score (nSPS) is 18.9. The van der Waals surface area contributed by atoms with Crippen LogP contribution in [0.15, 0.2) is 67.0 Å². The predicted molar refractivity (Wildman–Crippen MR) is 157 cm³/mol. The Bertz CT molecular complexity index is 1550. The molecular weight excluding hydrogens is 555 g/mol. The molecule has 2 amide bonds. The second-order valence-corrected chi connectivity index (χ2v) is 10.6. The van der Waals surface area contributed by atoms with E-state index in [0.29, 0.717) is 55.8 Å². The van der Waals surface area contributed by atoms with Gasteiger partial charge in [0.2, 0.25) is 5.95 Å². The number of aliphatic hydroxyl groups is 1. The molecule has 0 saturated carbocycles. The van der Waals surface area contributed by atoms with E-state index in [4.69, 9.17) is 14.7 Å². The number of halogens is 1. The average molecular weight is 589 g/mol. The summed E-state index contributed by atoms with van der Waals surface area (Å²) in [5.74, 6) is 0.683. The zero-order valence-corrected chi connectivity index (χ0v) is 23.9. The minimum absolute atomic E-state index is 0.347. The molecule has 0 radical (unpaired) electrons. The predicted octanol–water partition coefficient (Wildman–Crippen LogP) is 3.08. The van der Waals surface area contributed by atoms with E-state index in [1.54, 1.807) is 41.4 Å². The lowest BCUT2D eigenvalue weighted by atomic mass is 10.0. The van der Waals surface area contributed by atoms with Crippen molar-refractivity contribution >= 4 is 17.8 Å². The summed E-state index contributed by atoms with van der Waals surface area (Å²) in [5, 5.41) is 22.2. The number of benzene rings is 2. The molecule has 2 aliphatic rings. The van der Waals surface area contributed by atoms with Gasteiger partial charge in [-0.05, 0) is 36.8 Å². The maximum atomic E-state index is 13.6. The number of amides is 2. The third kappa shape index (κ3) is 6.20. The molecule has 12 nitrogen and oxygen atoms in total.